The van der Waals surface area contributed by atoms with Crippen LogP contribution in [0.5, 0.6) is 0 Å². The normalized spacial score (nSPS) is 12.4. The van der Waals surface area contributed by atoms with Crippen molar-refractivity contribution in [2.24, 2.45) is 0 Å². The smallest absolute Gasteiger partial charge is 0.315 e. The van der Waals surface area contributed by atoms with Crippen LogP contribution in [0.25, 0.3) is 0 Å². The van der Waals surface area contributed by atoms with Crippen molar-refractivity contribution in [3.05, 3.63) is 41.3 Å². The first kappa shape index (κ1) is 12.6. The molecule has 0 saturated heterocycles. The van der Waals surface area contributed by atoms with E-state index >= 15 is 0 Å². The molecular weight excluding hydrogens is 228 g/mol. The Hall–Kier alpha value is -1.88. The van der Waals surface area contributed by atoms with Crippen molar-refractivity contribution in [3.8, 4) is 0 Å². The lowest BCUT2D eigenvalue weighted by atomic mass is 10.1. The molecule has 0 aliphatic carbocycles. The van der Waals surface area contributed by atoms with Crippen LogP contribution in [0.1, 0.15) is 30.0 Å². The summed E-state index contributed by atoms with van der Waals surface area (Å²) < 4.78 is 5.50. The van der Waals surface area contributed by atoms with E-state index in [9.17, 15) is 0 Å². The number of benzene rings is 1. The minimum absolute atomic E-state index is 0.0616. The topological polar surface area (TPSA) is 63.0 Å². The van der Waals surface area contributed by atoms with Crippen LogP contribution in [0.3, 0.4) is 0 Å². The molecule has 0 amide bonds. The number of hydrogen-bond acceptors (Lipinski definition) is 5. The van der Waals surface area contributed by atoms with Crippen LogP contribution in [0, 0.1) is 6.92 Å². The van der Waals surface area contributed by atoms with Gasteiger partial charge in [-0.15, -0.1) is 5.10 Å². The lowest BCUT2D eigenvalue weighted by Crippen LogP contribution is -2.12. The predicted octanol–water partition coefficient (Wildman–Crippen LogP) is 2.27. The van der Waals surface area contributed by atoms with Crippen molar-refractivity contribution < 1.29 is 4.42 Å². The number of aryl methyl sites for hydroxylation is 1. The van der Waals surface area contributed by atoms with E-state index in [0.717, 1.165) is 0 Å². The van der Waals surface area contributed by atoms with E-state index in [1.54, 1.807) is 0 Å². The molecule has 0 aliphatic rings. The van der Waals surface area contributed by atoms with Gasteiger partial charge in [-0.3, -0.25) is 0 Å². The molecule has 2 N–H and O–H groups in total. The largest absolute Gasteiger partial charge is 0.406 e. The molecule has 0 spiro atoms. The van der Waals surface area contributed by atoms with Gasteiger partial charge in [0.05, 0.1) is 6.04 Å². The first-order valence-electron chi connectivity index (χ1n) is 5.99. The van der Waals surface area contributed by atoms with Gasteiger partial charge in [0, 0.05) is 6.54 Å². The van der Waals surface area contributed by atoms with E-state index in [2.05, 4.69) is 39.9 Å². The van der Waals surface area contributed by atoms with Gasteiger partial charge in [0.2, 0.25) is 5.89 Å². The van der Waals surface area contributed by atoms with E-state index in [1.165, 1.54) is 11.1 Å². The van der Waals surface area contributed by atoms with Gasteiger partial charge in [-0.25, -0.2) is 0 Å². The zero-order valence-electron chi connectivity index (χ0n) is 10.9. The summed E-state index contributed by atoms with van der Waals surface area (Å²) in [7, 11) is 1.86. The lowest BCUT2D eigenvalue weighted by molar-refractivity contribution is 0.441. The van der Waals surface area contributed by atoms with Gasteiger partial charge in [-0.1, -0.05) is 29.4 Å². The predicted molar refractivity (Wildman–Crippen MR) is 70.3 cm³/mol. The average Bonchev–Trinajstić information content (AvgIpc) is 2.86. The summed E-state index contributed by atoms with van der Waals surface area (Å²) in [6.45, 7) is 4.74. The Morgan fingerprint density at radius 3 is 2.78 bits per heavy atom. The van der Waals surface area contributed by atoms with E-state index in [-0.39, 0.29) is 6.04 Å². The first-order valence-corrected chi connectivity index (χ1v) is 5.99. The Morgan fingerprint density at radius 2 is 2.06 bits per heavy atom. The highest BCUT2D eigenvalue weighted by Gasteiger charge is 2.11. The van der Waals surface area contributed by atoms with Gasteiger partial charge in [0.1, 0.15) is 0 Å². The molecule has 0 saturated carbocycles. The second-order valence-electron chi connectivity index (χ2n) is 4.24. The van der Waals surface area contributed by atoms with Crippen molar-refractivity contribution in [2.45, 2.75) is 26.4 Å². The van der Waals surface area contributed by atoms with Gasteiger partial charge in [-0.2, -0.15) is 0 Å². The van der Waals surface area contributed by atoms with Crippen LogP contribution in [-0.4, -0.2) is 17.2 Å². The fourth-order valence-corrected chi connectivity index (χ4v) is 1.58. The van der Waals surface area contributed by atoms with Crippen molar-refractivity contribution >= 4 is 6.01 Å². The third kappa shape index (κ3) is 2.87. The molecule has 1 aromatic carbocycles. The lowest BCUT2D eigenvalue weighted by Gasteiger charge is -2.05. The number of nitrogens with zero attached hydrogens (tertiary/aromatic N) is 2. The number of aromatic nitrogens is 2. The molecule has 0 radical (unpaired) electrons. The monoisotopic (exact) mass is 246 g/mol. The second kappa shape index (κ2) is 5.64. The van der Waals surface area contributed by atoms with Crippen LogP contribution in [0.4, 0.5) is 6.01 Å². The highest BCUT2D eigenvalue weighted by molar-refractivity contribution is 5.29. The zero-order valence-corrected chi connectivity index (χ0v) is 10.9. The van der Waals surface area contributed by atoms with Gasteiger partial charge in [0.15, 0.2) is 0 Å². The standard InChI is InChI=1S/C13H18N4O/c1-9-6-4-5-7-11(9)8-15-13-17-16-12(18-13)10(2)14-3/h4-7,10,14H,8H2,1-3H3,(H,15,17). The molecular formula is C13H18N4O. The molecule has 0 fully saturated rings. The minimum atomic E-state index is 0.0616. The molecule has 1 heterocycles. The third-order valence-corrected chi connectivity index (χ3v) is 2.94. The second-order valence-corrected chi connectivity index (χ2v) is 4.24. The van der Waals surface area contributed by atoms with Crippen LogP contribution in [0.15, 0.2) is 28.7 Å². The Balaban J connectivity index is 1.98. The molecule has 5 nitrogen and oxygen atoms in total. The molecule has 18 heavy (non-hydrogen) atoms. The van der Waals surface area contributed by atoms with Crippen molar-refractivity contribution in [2.75, 3.05) is 12.4 Å². The van der Waals surface area contributed by atoms with E-state index in [1.807, 2.05) is 26.1 Å². The molecule has 1 atom stereocenters. The quantitative estimate of drug-likeness (QED) is 0.847. The molecule has 1 aromatic heterocycles. The van der Waals surface area contributed by atoms with E-state index in [4.69, 9.17) is 4.42 Å². The molecule has 2 aromatic rings. The zero-order chi connectivity index (χ0) is 13.0. The molecule has 96 valence electrons. The maximum Gasteiger partial charge on any atom is 0.315 e. The van der Waals surface area contributed by atoms with Crippen molar-refractivity contribution in [3.63, 3.8) is 0 Å². The van der Waals surface area contributed by atoms with Gasteiger partial charge in [-0.05, 0) is 32.0 Å². The average molecular weight is 246 g/mol. The molecule has 1 unspecified atom stereocenters. The summed E-state index contributed by atoms with van der Waals surface area (Å²) >= 11 is 0. The number of anilines is 1. The summed E-state index contributed by atoms with van der Waals surface area (Å²) in [5.41, 5.74) is 2.47. The SMILES string of the molecule is CNC(C)c1nnc(NCc2ccccc2C)o1. The van der Waals surface area contributed by atoms with Crippen molar-refractivity contribution in [1.29, 1.82) is 0 Å². The maximum absolute atomic E-state index is 5.50. The van der Waals surface area contributed by atoms with E-state index < -0.39 is 0 Å². The van der Waals surface area contributed by atoms with Crippen LogP contribution < -0.4 is 10.6 Å². The van der Waals surface area contributed by atoms with Gasteiger partial charge >= 0.3 is 6.01 Å². The van der Waals surface area contributed by atoms with E-state index in [0.29, 0.717) is 18.5 Å². The highest BCUT2D eigenvalue weighted by Crippen LogP contribution is 2.14. The first-order chi connectivity index (χ1) is 8.70. The Kier molecular flexibility index (Phi) is 3.94. The molecule has 0 bridgehead atoms. The summed E-state index contributed by atoms with van der Waals surface area (Å²) in [6, 6.07) is 8.72. The van der Waals surface area contributed by atoms with Crippen LogP contribution in [-0.2, 0) is 6.54 Å². The maximum atomic E-state index is 5.50. The Labute approximate surface area is 107 Å². The Morgan fingerprint density at radius 1 is 1.28 bits per heavy atom. The fourth-order valence-electron chi connectivity index (χ4n) is 1.58. The molecule has 5 heteroatoms. The third-order valence-electron chi connectivity index (χ3n) is 2.94. The summed E-state index contributed by atoms with van der Waals surface area (Å²) in [5, 5.41) is 14.1. The molecule has 0 aliphatic heterocycles. The minimum Gasteiger partial charge on any atom is -0.406 e. The van der Waals surface area contributed by atoms with Gasteiger partial charge in [0.25, 0.3) is 0 Å². The summed E-state index contributed by atoms with van der Waals surface area (Å²) in [4.78, 5) is 0. The molecule has 2 rings (SSSR count). The number of hydrogen-bond donors (Lipinski definition) is 2. The van der Waals surface area contributed by atoms with Gasteiger partial charge < -0.3 is 15.1 Å². The summed E-state index contributed by atoms with van der Waals surface area (Å²) in [5.74, 6) is 0.588. The van der Waals surface area contributed by atoms with Crippen molar-refractivity contribution in [1.82, 2.24) is 15.5 Å². The van der Waals surface area contributed by atoms with Crippen LogP contribution in [0.2, 0.25) is 0 Å². The fraction of sp³-hybridized carbons (Fsp3) is 0.385. The number of rotatable bonds is 5. The van der Waals surface area contributed by atoms with Crippen LogP contribution >= 0.6 is 0 Å². The Bertz CT molecular complexity index is 509. The number of nitrogens with one attached hydrogen (secondary N) is 2. The highest BCUT2D eigenvalue weighted by atomic mass is 16.4. The summed E-state index contributed by atoms with van der Waals surface area (Å²) in [6.07, 6.45) is 0.